The maximum absolute atomic E-state index is 17.7. The zero-order chi connectivity index (χ0) is 31.6. The van der Waals surface area contributed by atoms with Gasteiger partial charge in [-0.1, -0.05) is 25.4 Å². The van der Waals surface area contributed by atoms with Crippen molar-refractivity contribution in [2.24, 2.45) is 10.4 Å². The Kier molecular flexibility index (Phi) is 9.89. The third-order valence-electron chi connectivity index (χ3n) is 8.04. The van der Waals surface area contributed by atoms with Gasteiger partial charge in [-0.2, -0.15) is 0 Å². The number of aliphatic imine (C=N–C) groups is 1. The van der Waals surface area contributed by atoms with Crippen LogP contribution in [0.1, 0.15) is 65.5 Å². The number of ether oxygens (including phenoxy) is 3. The van der Waals surface area contributed by atoms with Crippen LogP contribution in [-0.4, -0.2) is 76.4 Å². The molecule has 1 aromatic carbocycles. The number of carbonyl (C=O) groups is 1. The van der Waals surface area contributed by atoms with Crippen molar-refractivity contribution >= 4 is 28.9 Å². The lowest BCUT2D eigenvalue weighted by molar-refractivity contribution is -0.176. The summed E-state index contributed by atoms with van der Waals surface area (Å²) >= 11 is 6.01. The van der Waals surface area contributed by atoms with E-state index in [0.29, 0.717) is 41.7 Å². The molecule has 3 atom stereocenters. The van der Waals surface area contributed by atoms with Crippen molar-refractivity contribution in [1.82, 2.24) is 9.88 Å². The standard InChI is InChI=1S/C33H43ClFN3O5/c1-21-18-24(34)9-10-26(21)41-16-17-42-27-11-8-23(19-37-27)25-20-36-22(2)33(35,29(30(39)40)43-31(3,4)5)28(25)38-14-12-32(6,7)13-15-38/h8-11,18-20,28-29H,12-17H2,1-7H3,(H,39,40). The maximum Gasteiger partial charge on any atom is 0.336 e. The summed E-state index contributed by atoms with van der Waals surface area (Å²) in [6.07, 6.45) is 3.18. The van der Waals surface area contributed by atoms with Gasteiger partial charge >= 0.3 is 5.97 Å². The Balaban J connectivity index is 1.58. The molecule has 234 valence electrons. The summed E-state index contributed by atoms with van der Waals surface area (Å²) in [5.41, 5.74) is -1.01. The molecule has 2 aromatic rings. The maximum atomic E-state index is 17.7. The third-order valence-corrected chi connectivity index (χ3v) is 8.27. The summed E-state index contributed by atoms with van der Waals surface area (Å²) in [7, 11) is 0. The number of alkyl halides is 1. The van der Waals surface area contributed by atoms with Gasteiger partial charge in [0.25, 0.3) is 0 Å². The van der Waals surface area contributed by atoms with Gasteiger partial charge in [0.2, 0.25) is 11.5 Å². The van der Waals surface area contributed by atoms with Gasteiger partial charge < -0.3 is 19.3 Å². The molecule has 3 heterocycles. The largest absolute Gasteiger partial charge is 0.490 e. The molecule has 1 fully saturated rings. The second-order valence-corrected chi connectivity index (χ2v) is 13.5. The van der Waals surface area contributed by atoms with E-state index in [9.17, 15) is 9.90 Å². The molecule has 4 rings (SSSR count). The number of aryl methyl sites for hydroxylation is 1. The number of aromatic nitrogens is 1. The van der Waals surface area contributed by atoms with Crippen molar-refractivity contribution in [3.63, 3.8) is 0 Å². The molecule has 0 saturated carbocycles. The van der Waals surface area contributed by atoms with Gasteiger partial charge in [-0.05, 0) is 101 Å². The Morgan fingerprint density at radius 1 is 1.14 bits per heavy atom. The van der Waals surface area contributed by atoms with Crippen LogP contribution in [-0.2, 0) is 9.53 Å². The van der Waals surface area contributed by atoms with E-state index in [4.69, 9.17) is 25.8 Å². The number of hydrogen-bond donors (Lipinski definition) is 1. The number of carboxylic acids is 1. The molecule has 3 unspecified atom stereocenters. The van der Waals surface area contributed by atoms with Crippen molar-refractivity contribution in [2.75, 3.05) is 26.3 Å². The van der Waals surface area contributed by atoms with Crippen LogP contribution < -0.4 is 9.47 Å². The van der Waals surface area contributed by atoms with Crippen LogP contribution in [0.4, 0.5) is 4.39 Å². The smallest absolute Gasteiger partial charge is 0.336 e. The van der Waals surface area contributed by atoms with Crippen LogP contribution in [0.3, 0.4) is 0 Å². The van der Waals surface area contributed by atoms with Crippen molar-refractivity contribution in [3.8, 4) is 11.6 Å². The first-order chi connectivity index (χ1) is 20.1. The minimum absolute atomic E-state index is 0.0755. The zero-order valence-electron chi connectivity index (χ0n) is 26.1. The molecule has 10 heteroatoms. The lowest BCUT2D eigenvalue weighted by Crippen LogP contribution is -2.66. The molecular formula is C33H43ClFN3O5. The number of carboxylic acid groups (broad SMARTS) is 1. The fourth-order valence-electron chi connectivity index (χ4n) is 5.55. The van der Waals surface area contributed by atoms with E-state index in [0.717, 1.165) is 24.2 Å². The highest BCUT2D eigenvalue weighted by Crippen LogP contribution is 2.44. The summed E-state index contributed by atoms with van der Waals surface area (Å²) in [5, 5.41) is 10.9. The number of benzene rings is 1. The van der Waals surface area contributed by atoms with Crippen molar-refractivity contribution in [1.29, 1.82) is 0 Å². The summed E-state index contributed by atoms with van der Waals surface area (Å²) in [5.74, 6) is -0.250. The number of likely N-dealkylation sites (tertiary alicyclic amines) is 1. The Labute approximate surface area is 258 Å². The van der Waals surface area contributed by atoms with E-state index in [-0.39, 0.29) is 17.7 Å². The number of aliphatic carboxylic acids is 1. The number of piperidine rings is 1. The molecule has 1 N–H and O–H groups in total. The number of pyridine rings is 1. The van der Waals surface area contributed by atoms with E-state index in [1.807, 2.05) is 24.0 Å². The summed E-state index contributed by atoms with van der Waals surface area (Å²) in [6, 6.07) is 8.01. The van der Waals surface area contributed by atoms with Crippen LogP contribution >= 0.6 is 11.6 Å². The van der Waals surface area contributed by atoms with E-state index in [1.54, 1.807) is 58.3 Å². The first-order valence-corrected chi connectivity index (χ1v) is 15.1. The fraction of sp³-hybridized carbons (Fsp3) is 0.545. The quantitative estimate of drug-likeness (QED) is 0.294. The predicted molar refractivity (Wildman–Crippen MR) is 167 cm³/mol. The number of halogens is 2. The van der Waals surface area contributed by atoms with Gasteiger partial charge in [-0.15, -0.1) is 0 Å². The van der Waals surface area contributed by atoms with Crippen LogP contribution in [0.25, 0.3) is 5.57 Å². The molecule has 2 aliphatic rings. The lowest BCUT2D eigenvalue weighted by Gasteiger charge is -2.49. The number of rotatable bonds is 10. The monoisotopic (exact) mass is 615 g/mol. The SMILES string of the molecule is CC1=NC=C(c2ccc(OCCOc3ccc(Cl)cc3C)nc2)C(N2CCC(C)(C)CC2)C1(F)C(OC(C)(C)C)C(=O)O. The van der Waals surface area contributed by atoms with Gasteiger partial charge in [0, 0.05) is 29.1 Å². The average Bonchev–Trinajstić information content (AvgIpc) is 2.92. The highest BCUT2D eigenvalue weighted by atomic mass is 35.5. The second kappa shape index (κ2) is 12.9. The van der Waals surface area contributed by atoms with Gasteiger partial charge in [-0.3, -0.25) is 9.89 Å². The topological polar surface area (TPSA) is 93.5 Å². The molecule has 8 nitrogen and oxygen atoms in total. The summed E-state index contributed by atoms with van der Waals surface area (Å²) < 4.78 is 35.2. The zero-order valence-corrected chi connectivity index (χ0v) is 26.9. The number of nitrogens with zero attached hydrogens (tertiary/aromatic N) is 3. The number of hydrogen-bond acceptors (Lipinski definition) is 7. The van der Waals surface area contributed by atoms with E-state index < -0.39 is 29.4 Å². The molecule has 1 aromatic heterocycles. The van der Waals surface area contributed by atoms with Crippen LogP contribution in [0, 0.1) is 12.3 Å². The molecule has 0 amide bonds. The summed E-state index contributed by atoms with van der Waals surface area (Å²) in [6.45, 7) is 14.8. The van der Waals surface area contributed by atoms with Gasteiger partial charge in [-0.25, -0.2) is 14.2 Å². The van der Waals surface area contributed by atoms with Gasteiger partial charge in [0.15, 0.2) is 6.10 Å². The molecular weight excluding hydrogens is 573 g/mol. The highest BCUT2D eigenvalue weighted by Gasteiger charge is 2.59. The summed E-state index contributed by atoms with van der Waals surface area (Å²) in [4.78, 5) is 23.5. The Bertz CT molecular complexity index is 1360. The Morgan fingerprint density at radius 3 is 2.40 bits per heavy atom. The minimum Gasteiger partial charge on any atom is -0.490 e. The van der Waals surface area contributed by atoms with Crippen molar-refractivity contribution in [2.45, 2.75) is 84.7 Å². The lowest BCUT2D eigenvalue weighted by atomic mass is 9.75. The van der Waals surface area contributed by atoms with Crippen LogP contribution in [0.15, 0.2) is 47.7 Å². The second-order valence-electron chi connectivity index (χ2n) is 13.1. The van der Waals surface area contributed by atoms with Gasteiger partial charge in [0.05, 0.1) is 17.4 Å². The highest BCUT2D eigenvalue weighted by molar-refractivity contribution is 6.30. The van der Waals surface area contributed by atoms with Crippen LogP contribution in [0.5, 0.6) is 11.6 Å². The van der Waals surface area contributed by atoms with Crippen molar-refractivity contribution in [3.05, 3.63) is 58.9 Å². The van der Waals surface area contributed by atoms with Crippen molar-refractivity contribution < 1.29 is 28.5 Å². The van der Waals surface area contributed by atoms with Gasteiger partial charge in [0.1, 0.15) is 19.0 Å². The Morgan fingerprint density at radius 2 is 1.81 bits per heavy atom. The molecule has 2 aliphatic heterocycles. The van der Waals surface area contributed by atoms with Crippen LogP contribution in [0.2, 0.25) is 5.02 Å². The minimum atomic E-state index is -2.42. The molecule has 0 aliphatic carbocycles. The van der Waals surface area contributed by atoms with E-state index in [1.165, 1.54) is 0 Å². The predicted octanol–water partition coefficient (Wildman–Crippen LogP) is 6.78. The first kappa shape index (κ1) is 32.9. The van der Waals surface area contributed by atoms with E-state index in [2.05, 4.69) is 23.8 Å². The third kappa shape index (κ3) is 7.75. The molecule has 0 radical (unpaired) electrons. The molecule has 0 bridgehead atoms. The fourth-order valence-corrected chi connectivity index (χ4v) is 5.78. The molecule has 43 heavy (non-hydrogen) atoms. The molecule has 0 spiro atoms. The average molecular weight is 616 g/mol. The Hall–Kier alpha value is -3.01. The first-order valence-electron chi connectivity index (χ1n) is 14.7. The van der Waals surface area contributed by atoms with E-state index >= 15 is 4.39 Å². The normalized spacial score (nSPS) is 23.2. The molecule has 1 saturated heterocycles.